The molecule has 0 fully saturated rings. The second-order valence-electron chi connectivity index (χ2n) is 7.51. The van der Waals surface area contributed by atoms with E-state index >= 15 is 0 Å². The highest BCUT2D eigenvalue weighted by atomic mass is 32.2. The van der Waals surface area contributed by atoms with Crippen LogP contribution in [0.5, 0.6) is 0 Å². The number of nitrogens with zero attached hydrogens (tertiary/aromatic N) is 3. The molecule has 2 aromatic heterocycles. The van der Waals surface area contributed by atoms with Gasteiger partial charge >= 0.3 is 0 Å². The average Bonchev–Trinajstić information content (AvgIpc) is 3.20. The summed E-state index contributed by atoms with van der Waals surface area (Å²) in [4.78, 5) is 18.0. The Morgan fingerprint density at radius 3 is 2.78 bits per heavy atom. The maximum absolute atomic E-state index is 13.7. The first-order valence-corrected chi connectivity index (χ1v) is 10.8. The molecule has 142 valence electrons. The fourth-order valence-electron chi connectivity index (χ4n) is 4.19. The van der Waals surface area contributed by atoms with Crippen LogP contribution in [-0.4, -0.2) is 25.2 Å². The number of aryl methyl sites for hydroxylation is 2. The summed E-state index contributed by atoms with van der Waals surface area (Å²) in [5.41, 5.74) is 2.07. The lowest BCUT2D eigenvalue weighted by atomic mass is 9.90. The van der Waals surface area contributed by atoms with E-state index < -0.39 is 0 Å². The van der Waals surface area contributed by atoms with Crippen LogP contribution in [0.15, 0.2) is 41.7 Å². The van der Waals surface area contributed by atoms with E-state index in [1.165, 1.54) is 19.3 Å². The molecule has 3 aromatic rings. The lowest BCUT2D eigenvalue weighted by Crippen LogP contribution is -2.34. The standard InChI is InChI=1S/C22H27N3OS/c1-4-5-6-11-19-17(14-25-13-12-23-15(25)2)21(26)20-16-9-7-8-10-18(16)24(3)22(20)27-19/h7-10,12-13,17,19H,4-6,11,14H2,1-3H3. The zero-order chi connectivity index (χ0) is 19.0. The van der Waals surface area contributed by atoms with Gasteiger partial charge in [-0.1, -0.05) is 44.4 Å². The first-order valence-electron chi connectivity index (χ1n) is 9.87. The third kappa shape index (κ3) is 3.22. The van der Waals surface area contributed by atoms with Crippen molar-refractivity contribution in [1.82, 2.24) is 14.1 Å². The Kier molecular flexibility index (Phi) is 5.13. The molecule has 0 spiro atoms. The van der Waals surface area contributed by atoms with E-state index in [-0.39, 0.29) is 5.92 Å². The molecule has 0 amide bonds. The molecule has 4 nitrogen and oxygen atoms in total. The minimum atomic E-state index is -0.00179. The third-order valence-corrected chi connectivity index (χ3v) is 7.33. The van der Waals surface area contributed by atoms with Crippen molar-refractivity contribution in [3.63, 3.8) is 0 Å². The van der Waals surface area contributed by atoms with Crippen molar-refractivity contribution >= 4 is 28.4 Å². The zero-order valence-corrected chi connectivity index (χ0v) is 17.1. The Morgan fingerprint density at radius 1 is 1.22 bits per heavy atom. The van der Waals surface area contributed by atoms with Gasteiger partial charge in [-0.15, -0.1) is 11.8 Å². The van der Waals surface area contributed by atoms with Crippen molar-refractivity contribution in [3.05, 3.63) is 48.0 Å². The summed E-state index contributed by atoms with van der Waals surface area (Å²) in [5.74, 6) is 1.28. The van der Waals surface area contributed by atoms with Gasteiger partial charge in [-0.05, 0) is 19.4 Å². The highest BCUT2D eigenvalue weighted by Crippen LogP contribution is 2.45. The molecule has 3 heterocycles. The van der Waals surface area contributed by atoms with Crippen molar-refractivity contribution in [2.24, 2.45) is 13.0 Å². The van der Waals surface area contributed by atoms with Crippen LogP contribution in [0.1, 0.15) is 48.8 Å². The number of thioether (sulfide) groups is 1. The van der Waals surface area contributed by atoms with Crippen LogP contribution in [0.3, 0.4) is 0 Å². The number of carbonyl (C=O) groups is 1. The van der Waals surface area contributed by atoms with Crippen LogP contribution in [0.25, 0.3) is 10.9 Å². The van der Waals surface area contributed by atoms with E-state index in [2.05, 4.69) is 40.2 Å². The van der Waals surface area contributed by atoms with Gasteiger partial charge < -0.3 is 9.13 Å². The predicted molar refractivity (Wildman–Crippen MR) is 111 cm³/mol. The molecule has 1 aromatic carbocycles. The Hall–Kier alpha value is -2.01. The number of carbonyl (C=O) groups excluding carboxylic acids is 1. The highest BCUT2D eigenvalue weighted by molar-refractivity contribution is 8.00. The number of ketones is 1. The summed E-state index contributed by atoms with van der Waals surface area (Å²) < 4.78 is 4.34. The Labute approximate surface area is 165 Å². The van der Waals surface area contributed by atoms with E-state index in [9.17, 15) is 4.79 Å². The van der Waals surface area contributed by atoms with Crippen LogP contribution in [0.4, 0.5) is 0 Å². The molecule has 2 atom stereocenters. The molecule has 0 bridgehead atoms. The van der Waals surface area contributed by atoms with Crippen LogP contribution >= 0.6 is 11.8 Å². The number of benzene rings is 1. The first-order chi connectivity index (χ1) is 13.1. The normalized spacial score (nSPS) is 19.6. The van der Waals surface area contributed by atoms with Crippen molar-refractivity contribution in [2.75, 3.05) is 0 Å². The molecule has 0 saturated carbocycles. The smallest absolute Gasteiger partial charge is 0.172 e. The maximum atomic E-state index is 13.7. The van der Waals surface area contributed by atoms with Gasteiger partial charge in [-0.25, -0.2) is 4.98 Å². The number of para-hydroxylation sites is 1. The number of aromatic nitrogens is 3. The maximum Gasteiger partial charge on any atom is 0.172 e. The second-order valence-corrected chi connectivity index (χ2v) is 8.73. The summed E-state index contributed by atoms with van der Waals surface area (Å²) in [6, 6.07) is 8.28. The van der Waals surface area contributed by atoms with Gasteiger partial charge in [-0.3, -0.25) is 4.79 Å². The van der Waals surface area contributed by atoms with E-state index in [1.54, 1.807) is 0 Å². The summed E-state index contributed by atoms with van der Waals surface area (Å²) in [7, 11) is 2.09. The van der Waals surface area contributed by atoms with Gasteiger partial charge in [0.05, 0.1) is 16.5 Å². The first kappa shape index (κ1) is 18.4. The molecule has 4 rings (SSSR count). The van der Waals surface area contributed by atoms with Crippen molar-refractivity contribution in [1.29, 1.82) is 0 Å². The van der Waals surface area contributed by atoms with Crippen LogP contribution in [0, 0.1) is 12.8 Å². The fraction of sp³-hybridized carbons (Fsp3) is 0.455. The molecular weight excluding hydrogens is 354 g/mol. The third-order valence-electron chi connectivity index (χ3n) is 5.76. The van der Waals surface area contributed by atoms with E-state index in [0.717, 1.165) is 40.3 Å². The predicted octanol–water partition coefficient (Wildman–Crippen LogP) is 5.24. The van der Waals surface area contributed by atoms with Crippen LogP contribution in [0.2, 0.25) is 0 Å². The molecule has 0 N–H and O–H groups in total. The number of fused-ring (bicyclic) bond motifs is 3. The quantitative estimate of drug-likeness (QED) is 0.548. The largest absolute Gasteiger partial charge is 0.338 e. The van der Waals surface area contributed by atoms with Gasteiger partial charge in [0.2, 0.25) is 0 Å². The van der Waals surface area contributed by atoms with Gasteiger partial charge in [0.15, 0.2) is 5.78 Å². The Balaban J connectivity index is 1.75. The summed E-state index contributed by atoms with van der Waals surface area (Å²) in [6.45, 7) is 4.96. The zero-order valence-electron chi connectivity index (χ0n) is 16.3. The number of imidazole rings is 1. The molecule has 27 heavy (non-hydrogen) atoms. The minimum absolute atomic E-state index is 0.00179. The summed E-state index contributed by atoms with van der Waals surface area (Å²) >= 11 is 1.91. The van der Waals surface area contributed by atoms with E-state index in [1.807, 2.05) is 43.2 Å². The number of Topliss-reactive ketones (excluding diaryl/α,β-unsaturated/α-hetero) is 1. The average molecular weight is 382 g/mol. The van der Waals surface area contributed by atoms with E-state index in [0.29, 0.717) is 11.0 Å². The summed E-state index contributed by atoms with van der Waals surface area (Å²) in [6.07, 6.45) is 8.52. The van der Waals surface area contributed by atoms with Crippen LogP contribution < -0.4 is 0 Å². The topological polar surface area (TPSA) is 39.8 Å². The van der Waals surface area contributed by atoms with Gasteiger partial charge in [0, 0.05) is 42.1 Å². The van der Waals surface area contributed by atoms with Crippen molar-refractivity contribution in [3.8, 4) is 0 Å². The molecule has 0 aliphatic carbocycles. The Morgan fingerprint density at radius 2 is 2.04 bits per heavy atom. The molecular formula is C22H27N3OS. The number of hydrogen-bond donors (Lipinski definition) is 0. The molecule has 0 radical (unpaired) electrons. The number of unbranched alkanes of at least 4 members (excludes halogenated alkanes) is 2. The highest BCUT2D eigenvalue weighted by Gasteiger charge is 2.39. The van der Waals surface area contributed by atoms with Crippen LogP contribution in [-0.2, 0) is 13.6 Å². The Bertz CT molecular complexity index is 971. The molecule has 1 aliphatic heterocycles. The lowest BCUT2D eigenvalue weighted by Gasteiger charge is -2.31. The molecule has 2 unspecified atom stereocenters. The molecule has 0 saturated heterocycles. The van der Waals surface area contributed by atoms with Gasteiger partial charge in [0.1, 0.15) is 5.82 Å². The molecule has 5 heteroatoms. The number of rotatable bonds is 6. The summed E-state index contributed by atoms with van der Waals surface area (Å²) in [5, 5.41) is 2.55. The van der Waals surface area contributed by atoms with Crippen molar-refractivity contribution in [2.45, 2.75) is 56.4 Å². The SMILES string of the molecule is CCCCCC1Sc2c(c3ccccc3n2C)C(=O)C1Cn1ccnc1C. The lowest BCUT2D eigenvalue weighted by molar-refractivity contribution is 0.0895. The monoisotopic (exact) mass is 381 g/mol. The molecule has 1 aliphatic rings. The van der Waals surface area contributed by atoms with Crippen molar-refractivity contribution < 1.29 is 4.79 Å². The fourth-order valence-corrected chi connectivity index (χ4v) is 5.72. The van der Waals surface area contributed by atoms with Gasteiger partial charge in [0.25, 0.3) is 0 Å². The second kappa shape index (κ2) is 7.55. The minimum Gasteiger partial charge on any atom is -0.338 e. The van der Waals surface area contributed by atoms with Gasteiger partial charge in [-0.2, -0.15) is 0 Å². The van der Waals surface area contributed by atoms with E-state index in [4.69, 9.17) is 0 Å². The number of hydrogen-bond acceptors (Lipinski definition) is 3.